The van der Waals surface area contributed by atoms with Crippen molar-refractivity contribution in [3.8, 4) is 5.75 Å². The molecule has 0 spiro atoms. The quantitative estimate of drug-likeness (QED) is 0.330. The van der Waals surface area contributed by atoms with Gasteiger partial charge in [0.2, 0.25) is 10.0 Å². The van der Waals surface area contributed by atoms with E-state index in [4.69, 9.17) is 9.15 Å². The van der Waals surface area contributed by atoms with Crippen molar-refractivity contribution >= 4 is 32.6 Å². The molecule has 9 heteroatoms. The molecular weight excluding hydrogens is 432 g/mol. The highest BCUT2D eigenvalue weighted by Crippen LogP contribution is 2.30. The summed E-state index contributed by atoms with van der Waals surface area (Å²) in [4.78, 5) is 26.9. The van der Waals surface area contributed by atoms with E-state index in [2.05, 4.69) is 0 Å². The zero-order chi connectivity index (χ0) is 23.0. The van der Waals surface area contributed by atoms with Gasteiger partial charge >= 0.3 is 11.6 Å². The van der Waals surface area contributed by atoms with Gasteiger partial charge in [0.25, 0.3) is 0 Å². The molecule has 4 rings (SSSR count). The maximum Gasteiger partial charge on any atom is 0.345 e. The lowest BCUT2D eigenvalue weighted by atomic mass is 10.1. The van der Waals surface area contributed by atoms with Crippen molar-refractivity contribution in [2.24, 2.45) is 0 Å². The lowest BCUT2D eigenvalue weighted by Crippen LogP contribution is -2.25. The van der Waals surface area contributed by atoms with Crippen LogP contribution in [0.25, 0.3) is 11.0 Å². The van der Waals surface area contributed by atoms with Crippen LogP contribution in [0, 0.1) is 6.92 Å². The Morgan fingerprint density at radius 2 is 1.78 bits per heavy atom. The van der Waals surface area contributed by atoms with Crippen LogP contribution >= 0.6 is 0 Å². The zero-order valence-electron chi connectivity index (χ0n) is 18.1. The number of anilines is 1. The van der Waals surface area contributed by atoms with Crippen molar-refractivity contribution in [3.63, 3.8) is 0 Å². The monoisotopic (exact) mass is 456 g/mol. The SMILES string of the molecule is Cc1cc(=O)oc2cc(OC(=O)c3cc(S(=O)(=O)N(C)C)ccc3N3CCCC3)ccc12. The highest BCUT2D eigenvalue weighted by atomic mass is 32.2. The first-order valence-electron chi connectivity index (χ1n) is 10.2. The van der Waals surface area contributed by atoms with Gasteiger partial charge in [-0.05, 0) is 55.7 Å². The molecule has 0 N–H and O–H groups in total. The second kappa shape index (κ2) is 8.40. The molecule has 0 bridgehead atoms. The van der Waals surface area contributed by atoms with Crippen LogP contribution in [0.2, 0.25) is 0 Å². The number of benzene rings is 2. The molecule has 0 amide bonds. The number of nitrogens with zero attached hydrogens (tertiary/aromatic N) is 2. The third kappa shape index (κ3) is 4.13. The Morgan fingerprint density at radius 3 is 2.47 bits per heavy atom. The largest absolute Gasteiger partial charge is 0.423 e. The minimum Gasteiger partial charge on any atom is -0.423 e. The van der Waals surface area contributed by atoms with Gasteiger partial charge in [-0.25, -0.2) is 22.3 Å². The van der Waals surface area contributed by atoms with E-state index in [1.807, 2.05) is 4.90 Å². The number of sulfonamides is 1. The van der Waals surface area contributed by atoms with Crippen molar-refractivity contribution in [1.29, 1.82) is 0 Å². The summed E-state index contributed by atoms with van der Waals surface area (Å²) in [7, 11) is -0.853. The van der Waals surface area contributed by atoms with E-state index in [1.54, 1.807) is 25.1 Å². The van der Waals surface area contributed by atoms with Crippen LogP contribution in [0.15, 0.2) is 56.6 Å². The van der Waals surface area contributed by atoms with E-state index in [0.29, 0.717) is 11.3 Å². The minimum atomic E-state index is -3.73. The zero-order valence-corrected chi connectivity index (χ0v) is 18.9. The van der Waals surface area contributed by atoms with Crippen LogP contribution in [0.3, 0.4) is 0 Å². The standard InChI is InChI=1S/C23H24N2O6S/c1-15-12-22(26)31-21-13-16(6-8-18(15)21)30-23(27)19-14-17(32(28,29)24(2)3)7-9-20(19)25-10-4-5-11-25/h6-9,12-14H,4-5,10-11H2,1-3H3. The fraction of sp³-hybridized carbons (Fsp3) is 0.304. The summed E-state index contributed by atoms with van der Waals surface area (Å²) in [5, 5.41) is 0.737. The predicted molar refractivity (Wildman–Crippen MR) is 121 cm³/mol. The second-order valence-electron chi connectivity index (χ2n) is 7.96. The van der Waals surface area contributed by atoms with Crippen molar-refractivity contribution < 1.29 is 22.4 Å². The molecule has 0 saturated carbocycles. The summed E-state index contributed by atoms with van der Waals surface area (Å²) in [6, 6.07) is 10.7. The van der Waals surface area contributed by atoms with Gasteiger partial charge in [0, 0.05) is 44.7 Å². The van der Waals surface area contributed by atoms with Crippen molar-refractivity contribution in [3.05, 3.63) is 64.0 Å². The molecule has 0 atom stereocenters. The molecule has 168 valence electrons. The molecule has 2 aromatic carbocycles. The van der Waals surface area contributed by atoms with Crippen molar-refractivity contribution in [1.82, 2.24) is 4.31 Å². The van der Waals surface area contributed by atoms with E-state index in [1.165, 1.54) is 38.4 Å². The first-order chi connectivity index (χ1) is 15.2. The number of fused-ring (bicyclic) bond motifs is 1. The Hall–Kier alpha value is -3.17. The van der Waals surface area contributed by atoms with Gasteiger partial charge in [0.15, 0.2) is 0 Å². The van der Waals surface area contributed by atoms with Gasteiger partial charge in [0.05, 0.1) is 16.1 Å². The van der Waals surface area contributed by atoms with E-state index >= 15 is 0 Å². The Balaban J connectivity index is 1.74. The van der Waals surface area contributed by atoms with E-state index in [9.17, 15) is 18.0 Å². The van der Waals surface area contributed by atoms with Crippen LogP contribution in [0.4, 0.5) is 5.69 Å². The molecular formula is C23H24N2O6S. The Labute approximate surface area is 186 Å². The second-order valence-corrected chi connectivity index (χ2v) is 10.1. The number of hydrogen-bond donors (Lipinski definition) is 0. The van der Waals surface area contributed by atoms with Crippen LogP contribution in [0.1, 0.15) is 28.8 Å². The van der Waals surface area contributed by atoms with E-state index < -0.39 is 21.6 Å². The Kier molecular flexibility index (Phi) is 5.79. The lowest BCUT2D eigenvalue weighted by Gasteiger charge is -2.22. The minimum absolute atomic E-state index is 0.0116. The number of carbonyl (C=O) groups excluding carboxylic acids is 1. The number of esters is 1. The number of rotatable bonds is 5. The first kappa shape index (κ1) is 22.0. The first-order valence-corrected chi connectivity index (χ1v) is 11.7. The average molecular weight is 457 g/mol. The molecule has 0 aliphatic carbocycles. The predicted octanol–water partition coefficient (Wildman–Crippen LogP) is 3.17. The summed E-state index contributed by atoms with van der Waals surface area (Å²) in [6.45, 7) is 3.35. The maximum absolute atomic E-state index is 13.2. The van der Waals surface area contributed by atoms with Crippen LogP contribution in [0.5, 0.6) is 5.75 Å². The van der Waals surface area contributed by atoms with Gasteiger partial charge in [-0.1, -0.05) is 0 Å². The number of hydrogen-bond acceptors (Lipinski definition) is 7. The Bertz CT molecular complexity index is 1350. The normalized spacial score (nSPS) is 14.3. The molecule has 1 aliphatic rings. The molecule has 1 saturated heterocycles. The molecule has 3 aromatic rings. The molecule has 0 radical (unpaired) electrons. The average Bonchev–Trinajstić information content (AvgIpc) is 3.27. The van der Waals surface area contributed by atoms with Gasteiger partial charge < -0.3 is 14.1 Å². The van der Waals surface area contributed by atoms with Gasteiger partial charge in [-0.2, -0.15) is 0 Å². The van der Waals surface area contributed by atoms with Crippen LogP contribution in [-0.2, 0) is 10.0 Å². The van der Waals surface area contributed by atoms with Crippen molar-refractivity contribution in [2.75, 3.05) is 32.1 Å². The smallest absolute Gasteiger partial charge is 0.345 e. The summed E-state index contributed by atoms with van der Waals surface area (Å²) < 4.78 is 37.2. The molecule has 1 fully saturated rings. The Morgan fingerprint density at radius 1 is 1.06 bits per heavy atom. The molecule has 2 heterocycles. The number of carbonyl (C=O) groups is 1. The highest BCUT2D eigenvalue weighted by Gasteiger charge is 2.25. The van der Waals surface area contributed by atoms with Gasteiger partial charge in [-0.3, -0.25) is 0 Å². The van der Waals surface area contributed by atoms with Crippen molar-refractivity contribution in [2.45, 2.75) is 24.7 Å². The summed E-state index contributed by atoms with van der Waals surface area (Å²) in [5.41, 5.74) is 1.38. The van der Waals surface area contributed by atoms with E-state index in [0.717, 1.165) is 41.2 Å². The highest BCUT2D eigenvalue weighted by molar-refractivity contribution is 7.89. The van der Waals surface area contributed by atoms with E-state index in [-0.39, 0.29) is 16.2 Å². The molecule has 0 unspecified atom stereocenters. The third-order valence-corrected chi connectivity index (χ3v) is 7.36. The number of aryl methyl sites for hydroxylation is 1. The van der Waals surface area contributed by atoms with Gasteiger partial charge in [0.1, 0.15) is 11.3 Å². The maximum atomic E-state index is 13.2. The molecule has 32 heavy (non-hydrogen) atoms. The topological polar surface area (TPSA) is 97.1 Å². The van der Waals surface area contributed by atoms with Gasteiger partial charge in [-0.15, -0.1) is 0 Å². The molecule has 1 aliphatic heterocycles. The summed E-state index contributed by atoms with van der Waals surface area (Å²) in [6.07, 6.45) is 1.99. The molecule has 1 aromatic heterocycles. The summed E-state index contributed by atoms with van der Waals surface area (Å²) in [5.74, 6) is -0.485. The summed E-state index contributed by atoms with van der Waals surface area (Å²) >= 11 is 0. The molecule has 8 nitrogen and oxygen atoms in total. The fourth-order valence-electron chi connectivity index (χ4n) is 3.81. The fourth-order valence-corrected chi connectivity index (χ4v) is 4.74. The lowest BCUT2D eigenvalue weighted by molar-refractivity contribution is 0.0735. The number of ether oxygens (including phenoxy) is 1. The third-order valence-electron chi connectivity index (χ3n) is 5.55. The van der Waals surface area contributed by atoms with Crippen LogP contribution < -0.4 is 15.3 Å². The van der Waals surface area contributed by atoms with Crippen LogP contribution in [-0.4, -0.2) is 45.9 Å².